The molecular formula is C60H46N2. The fourth-order valence-electron chi connectivity index (χ4n) is 11.0. The van der Waals surface area contributed by atoms with Crippen LogP contribution in [-0.2, 0) is 10.8 Å². The molecule has 0 aliphatic heterocycles. The number of hydrogen-bond acceptors (Lipinski definition) is 1. The molecule has 2 nitrogen and oxygen atoms in total. The van der Waals surface area contributed by atoms with Crippen molar-refractivity contribution in [2.45, 2.75) is 38.5 Å². The topological polar surface area (TPSA) is 8.17 Å². The highest BCUT2D eigenvalue weighted by Crippen LogP contribution is 2.59. The number of benzene rings is 9. The minimum absolute atomic E-state index is 0.166. The van der Waals surface area contributed by atoms with Gasteiger partial charge >= 0.3 is 0 Å². The van der Waals surface area contributed by atoms with Gasteiger partial charge in [-0.25, -0.2) is 0 Å². The molecule has 0 spiro atoms. The van der Waals surface area contributed by atoms with Crippen molar-refractivity contribution in [1.82, 2.24) is 4.57 Å². The molecule has 0 radical (unpaired) electrons. The highest BCUT2D eigenvalue weighted by molar-refractivity contribution is 6.12. The summed E-state index contributed by atoms with van der Waals surface area (Å²) in [5.74, 6) is 0. The Kier molecular flexibility index (Phi) is 7.96. The molecule has 10 aromatic rings. The van der Waals surface area contributed by atoms with E-state index in [9.17, 15) is 0 Å². The summed E-state index contributed by atoms with van der Waals surface area (Å²) >= 11 is 0. The highest BCUT2D eigenvalue weighted by Gasteiger charge is 2.40. The average molecular weight is 795 g/mol. The lowest BCUT2D eigenvalue weighted by Gasteiger charge is -2.33. The Bertz CT molecular complexity index is 3400. The van der Waals surface area contributed by atoms with Crippen molar-refractivity contribution >= 4 is 38.9 Å². The first kappa shape index (κ1) is 36.4. The molecule has 1 heterocycles. The van der Waals surface area contributed by atoms with E-state index in [2.05, 4.69) is 243 Å². The normalized spacial score (nSPS) is 14.1. The largest absolute Gasteiger partial charge is 0.309 e. The van der Waals surface area contributed by atoms with Crippen molar-refractivity contribution in [2.24, 2.45) is 0 Å². The lowest BCUT2D eigenvalue weighted by molar-refractivity contribution is 0.660. The maximum Gasteiger partial charge on any atom is 0.0621 e. The van der Waals surface area contributed by atoms with Gasteiger partial charge in [0.15, 0.2) is 0 Å². The first-order chi connectivity index (χ1) is 30.3. The van der Waals surface area contributed by atoms with Crippen molar-refractivity contribution in [3.8, 4) is 50.2 Å². The molecule has 0 fully saturated rings. The van der Waals surface area contributed by atoms with E-state index in [1.165, 1.54) is 94.3 Å². The van der Waals surface area contributed by atoms with Crippen LogP contribution in [0.4, 0.5) is 17.1 Å². The third kappa shape index (κ3) is 5.23. The quantitative estimate of drug-likeness (QED) is 0.163. The third-order valence-corrected chi connectivity index (χ3v) is 14.0. The van der Waals surface area contributed by atoms with Crippen LogP contribution in [0, 0.1) is 0 Å². The fraction of sp³-hybridized carbons (Fsp3) is 0.100. The first-order valence-corrected chi connectivity index (χ1v) is 21.9. The number of hydrogen-bond donors (Lipinski definition) is 0. The number of fused-ring (bicyclic) bond motifs is 9. The molecule has 0 saturated carbocycles. The lowest BCUT2D eigenvalue weighted by Crippen LogP contribution is -2.18. The van der Waals surface area contributed by atoms with E-state index in [0.29, 0.717) is 0 Å². The Balaban J connectivity index is 1.20. The van der Waals surface area contributed by atoms with Crippen LogP contribution in [0.25, 0.3) is 72.0 Å². The van der Waals surface area contributed by atoms with Gasteiger partial charge in [-0.3, -0.25) is 0 Å². The standard InChI is InChI=1S/C60H46N2/c1-59(2)51-28-16-12-26-48(51)57-52(59)35-34-44(40-31-36-56-49(37-40)47-25-14-18-30-55(47)61(56)41-21-9-6-10-22-41)58(57)62(54-29-17-13-23-43(54)39-19-7-5-8-20-39)42-32-33-46-45-24-11-15-27-50(45)60(3,4)53(46)38-42/h5-38H,1-4H3. The molecule has 62 heavy (non-hydrogen) atoms. The van der Waals surface area contributed by atoms with Crippen LogP contribution in [0.3, 0.4) is 0 Å². The van der Waals surface area contributed by atoms with E-state index in [0.717, 1.165) is 17.1 Å². The average Bonchev–Trinajstić information content (AvgIpc) is 3.86. The zero-order valence-electron chi connectivity index (χ0n) is 35.5. The van der Waals surface area contributed by atoms with Crippen molar-refractivity contribution < 1.29 is 0 Å². The molecule has 2 heteroatoms. The predicted molar refractivity (Wildman–Crippen MR) is 261 cm³/mol. The number of aromatic nitrogens is 1. The summed E-state index contributed by atoms with van der Waals surface area (Å²) in [6, 6.07) is 76.7. The lowest BCUT2D eigenvalue weighted by atomic mass is 9.81. The minimum atomic E-state index is -0.196. The third-order valence-electron chi connectivity index (χ3n) is 14.0. The first-order valence-electron chi connectivity index (χ1n) is 21.9. The van der Waals surface area contributed by atoms with Crippen LogP contribution in [-0.4, -0.2) is 4.57 Å². The van der Waals surface area contributed by atoms with Crippen molar-refractivity contribution in [3.63, 3.8) is 0 Å². The zero-order valence-corrected chi connectivity index (χ0v) is 35.5. The van der Waals surface area contributed by atoms with Crippen LogP contribution >= 0.6 is 0 Å². The Hall–Kier alpha value is -7.42. The van der Waals surface area contributed by atoms with Crippen molar-refractivity contribution in [2.75, 3.05) is 4.90 Å². The number of nitrogens with zero attached hydrogens (tertiary/aromatic N) is 2. The van der Waals surface area contributed by atoms with Gasteiger partial charge in [-0.2, -0.15) is 0 Å². The van der Waals surface area contributed by atoms with E-state index in [1.807, 2.05) is 0 Å². The molecule has 2 aliphatic carbocycles. The molecule has 1 aromatic heterocycles. The second-order valence-corrected chi connectivity index (χ2v) is 18.1. The van der Waals surface area contributed by atoms with E-state index >= 15 is 0 Å². The van der Waals surface area contributed by atoms with Crippen molar-refractivity contribution in [3.05, 3.63) is 229 Å². The summed E-state index contributed by atoms with van der Waals surface area (Å²) in [5, 5.41) is 2.48. The number of rotatable bonds is 6. The molecule has 0 atom stereocenters. The maximum atomic E-state index is 2.60. The summed E-state index contributed by atoms with van der Waals surface area (Å²) in [4.78, 5) is 2.60. The van der Waals surface area contributed by atoms with Crippen LogP contribution in [0.2, 0.25) is 0 Å². The van der Waals surface area contributed by atoms with Gasteiger partial charge in [-0.05, 0) is 98.6 Å². The molecule has 0 bridgehead atoms. The Morgan fingerprint density at radius 2 is 0.952 bits per heavy atom. The smallest absolute Gasteiger partial charge is 0.0621 e. The van der Waals surface area contributed by atoms with Gasteiger partial charge in [0.2, 0.25) is 0 Å². The molecule has 9 aromatic carbocycles. The van der Waals surface area contributed by atoms with Gasteiger partial charge in [0.05, 0.1) is 22.4 Å². The Morgan fingerprint density at radius 1 is 0.371 bits per heavy atom. The molecular weight excluding hydrogens is 749 g/mol. The van der Waals surface area contributed by atoms with E-state index < -0.39 is 0 Å². The number of anilines is 3. The molecule has 296 valence electrons. The van der Waals surface area contributed by atoms with E-state index in [1.54, 1.807) is 0 Å². The van der Waals surface area contributed by atoms with Gasteiger partial charge in [0.25, 0.3) is 0 Å². The Morgan fingerprint density at radius 3 is 1.74 bits per heavy atom. The molecule has 2 aliphatic rings. The number of para-hydroxylation sites is 3. The Labute approximate surface area is 364 Å². The zero-order chi connectivity index (χ0) is 41.7. The van der Waals surface area contributed by atoms with E-state index in [-0.39, 0.29) is 10.8 Å². The van der Waals surface area contributed by atoms with Gasteiger partial charge < -0.3 is 9.47 Å². The summed E-state index contributed by atoms with van der Waals surface area (Å²) in [6.07, 6.45) is 0. The monoisotopic (exact) mass is 794 g/mol. The second-order valence-electron chi connectivity index (χ2n) is 18.1. The SMILES string of the molecule is CC1(C)c2ccccc2-c2ccc(N(c3ccccc3-c3ccccc3)c3c(-c4ccc5c(c4)c4ccccc4n5-c4ccccc4)ccc4c3-c3ccccc3C4(C)C)cc21. The summed E-state index contributed by atoms with van der Waals surface area (Å²) in [7, 11) is 0. The fourth-order valence-corrected chi connectivity index (χ4v) is 11.0. The highest BCUT2D eigenvalue weighted by atomic mass is 15.2. The molecule has 0 N–H and O–H groups in total. The molecule has 0 saturated heterocycles. The van der Waals surface area contributed by atoms with Crippen molar-refractivity contribution in [1.29, 1.82) is 0 Å². The van der Waals surface area contributed by atoms with E-state index in [4.69, 9.17) is 0 Å². The van der Waals surface area contributed by atoms with Gasteiger partial charge in [0, 0.05) is 49.7 Å². The second kappa shape index (κ2) is 13.5. The predicted octanol–water partition coefficient (Wildman–Crippen LogP) is 16.2. The van der Waals surface area contributed by atoms with Gasteiger partial charge in [-0.15, -0.1) is 0 Å². The minimum Gasteiger partial charge on any atom is -0.309 e. The van der Waals surface area contributed by atoms with Crippen LogP contribution in [0.1, 0.15) is 49.9 Å². The summed E-state index contributed by atoms with van der Waals surface area (Å²) in [5.41, 5.74) is 22.1. The molecule has 12 rings (SSSR count). The van der Waals surface area contributed by atoms with Crippen LogP contribution in [0.15, 0.2) is 206 Å². The van der Waals surface area contributed by atoms with Crippen LogP contribution in [0.5, 0.6) is 0 Å². The summed E-state index contributed by atoms with van der Waals surface area (Å²) in [6.45, 7) is 9.55. The molecule has 0 unspecified atom stereocenters. The maximum absolute atomic E-state index is 2.60. The summed E-state index contributed by atoms with van der Waals surface area (Å²) < 4.78 is 2.41. The molecule has 0 amide bonds. The van der Waals surface area contributed by atoms with Crippen LogP contribution < -0.4 is 4.90 Å². The van der Waals surface area contributed by atoms with Gasteiger partial charge in [-0.1, -0.05) is 185 Å². The van der Waals surface area contributed by atoms with Gasteiger partial charge in [0.1, 0.15) is 0 Å².